The molecule has 4 rings (SSSR count). The maximum atomic E-state index is 12.6. The predicted molar refractivity (Wildman–Crippen MR) is 106 cm³/mol. The van der Waals surface area contributed by atoms with Gasteiger partial charge in [0, 0.05) is 22.9 Å². The molecule has 0 atom stereocenters. The molecule has 7 heteroatoms. The van der Waals surface area contributed by atoms with Gasteiger partial charge in [0.1, 0.15) is 12.7 Å². The topological polar surface area (TPSA) is 88.9 Å². The Balaban J connectivity index is 1.43. The number of hydrogen-bond donors (Lipinski definition) is 2. The number of carbonyl (C=O) groups is 2. The van der Waals surface area contributed by atoms with Gasteiger partial charge in [0.15, 0.2) is 0 Å². The van der Waals surface area contributed by atoms with E-state index in [1.54, 1.807) is 29.2 Å². The van der Waals surface area contributed by atoms with Gasteiger partial charge < -0.3 is 10.6 Å². The van der Waals surface area contributed by atoms with E-state index < -0.39 is 0 Å². The first kappa shape index (κ1) is 17.9. The zero-order chi connectivity index (χ0) is 19.5. The van der Waals surface area contributed by atoms with E-state index in [1.165, 1.54) is 6.33 Å². The zero-order valence-corrected chi connectivity index (χ0v) is 15.6. The first-order valence-corrected chi connectivity index (χ1v) is 9.23. The van der Waals surface area contributed by atoms with E-state index in [9.17, 15) is 9.59 Å². The number of hydrogen-bond acceptors (Lipinski definition) is 4. The Morgan fingerprint density at radius 2 is 1.89 bits per heavy atom. The highest BCUT2D eigenvalue weighted by molar-refractivity contribution is 6.05. The first-order valence-electron chi connectivity index (χ1n) is 9.23. The predicted octanol–water partition coefficient (Wildman–Crippen LogP) is 3.24. The molecule has 1 aromatic heterocycles. The number of benzene rings is 2. The number of aryl methyl sites for hydroxylation is 1. The van der Waals surface area contributed by atoms with Crippen molar-refractivity contribution in [3.8, 4) is 0 Å². The quantitative estimate of drug-likeness (QED) is 0.692. The van der Waals surface area contributed by atoms with E-state index in [0.717, 1.165) is 24.0 Å². The average molecular weight is 375 g/mol. The smallest absolute Gasteiger partial charge is 0.255 e. The van der Waals surface area contributed by atoms with E-state index >= 15 is 0 Å². The van der Waals surface area contributed by atoms with Gasteiger partial charge in [-0.25, -0.2) is 9.67 Å². The fourth-order valence-corrected chi connectivity index (χ4v) is 2.88. The summed E-state index contributed by atoms with van der Waals surface area (Å²) in [6, 6.07) is 12.9. The van der Waals surface area contributed by atoms with Crippen LogP contribution >= 0.6 is 0 Å². The number of nitrogens with zero attached hydrogens (tertiary/aromatic N) is 3. The number of carbonyl (C=O) groups excluding carboxylic acids is 2. The number of nitrogens with one attached hydrogen (secondary N) is 2. The molecule has 0 aliphatic heterocycles. The minimum atomic E-state index is -0.193. The third-order valence-electron chi connectivity index (χ3n) is 4.73. The summed E-state index contributed by atoms with van der Waals surface area (Å²) in [4.78, 5) is 28.5. The molecule has 0 unspecified atom stereocenters. The standard InChI is InChI=1S/C21H21N5O2/c1-14-2-9-18(24-20(27)17-7-8-17)10-19(14)25-21(28)16-5-3-15(4-6-16)11-26-13-22-12-23-26/h2-6,9-10,12-13,17H,7-8,11H2,1H3,(H,24,27)(H,25,28). The SMILES string of the molecule is Cc1ccc(NC(=O)C2CC2)cc1NC(=O)c1ccc(Cn2cncn2)cc1. The molecule has 28 heavy (non-hydrogen) atoms. The van der Waals surface area contributed by atoms with Crippen molar-refractivity contribution in [3.63, 3.8) is 0 Å². The maximum Gasteiger partial charge on any atom is 0.255 e. The molecule has 0 bridgehead atoms. The fourth-order valence-electron chi connectivity index (χ4n) is 2.88. The molecule has 1 saturated carbocycles. The molecule has 0 radical (unpaired) electrons. The van der Waals surface area contributed by atoms with Gasteiger partial charge in [-0.1, -0.05) is 18.2 Å². The van der Waals surface area contributed by atoms with Crippen LogP contribution in [-0.4, -0.2) is 26.6 Å². The second-order valence-corrected chi connectivity index (χ2v) is 7.04. The van der Waals surface area contributed by atoms with Crippen LogP contribution in [0.4, 0.5) is 11.4 Å². The molecular formula is C21H21N5O2. The van der Waals surface area contributed by atoms with Crippen molar-refractivity contribution >= 4 is 23.2 Å². The van der Waals surface area contributed by atoms with E-state index in [1.807, 2.05) is 31.2 Å². The minimum Gasteiger partial charge on any atom is -0.326 e. The van der Waals surface area contributed by atoms with Gasteiger partial charge in [-0.05, 0) is 55.2 Å². The Labute approximate surface area is 162 Å². The van der Waals surface area contributed by atoms with Crippen molar-refractivity contribution < 1.29 is 9.59 Å². The molecule has 0 spiro atoms. The van der Waals surface area contributed by atoms with Crippen molar-refractivity contribution in [1.29, 1.82) is 0 Å². The number of amides is 2. The summed E-state index contributed by atoms with van der Waals surface area (Å²) in [5, 5.41) is 9.92. The minimum absolute atomic E-state index is 0.0455. The first-order chi connectivity index (χ1) is 13.6. The Morgan fingerprint density at radius 3 is 2.57 bits per heavy atom. The van der Waals surface area contributed by atoms with Crippen LogP contribution in [0.25, 0.3) is 0 Å². The van der Waals surface area contributed by atoms with E-state index in [2.05, 4.69) is 20.7 Å². The third kappa shape index (κ3) is 4.25. The normalized spacial score (nSPS) is 13.2. The summed E-state index contributed by atoms with van der Waals surface area (Å²) in [5.41, 5.74) is 3.91. The lowest BCUT2D eigenvalue weighted by Crippen LogP contribution is -2.15. The van der Waals surface area contributed by atoms with E-state index in [4.69, 9.17) is 0 Å². The van der Waals surface area contributed by atoms with Gasteiger partial charge >= 0.3 is 0 Å². The Hall–Kier alpha value is -3.48. The molecule has 1 heterocycles. The molecule has 1 fully saturated rings. The lowest BCUT2D eigenvalue weighted by Gasteiger charge is -2.12. The maximum absolute atomic E-state index is 12.6. The molecule has 1 aliphatic carbocycles. The van der Waals surface area contributed by atoms with Gasteiger partial charge in [0.2, 0.25) is 5.91 Å². The van der Waals surface area contributed by atoms with Gasteiger partial charge in [0.25, 0.3) is 5.91 Å². The van der Waals surface area contributed by atoms with Crippen molar-refractivity contribution in [2.75, 3.05) is 10.6 Å². The van der Waals surface area contributed by atoms with Gasteiger partial charge in [-0.3, -0.25) is 9.59 Å². The molecule has 7 nitrogen and oxygen atoms in total. The average Bonchev–Trinajstić information content (AvgIpc) is 3.43. The van der Waals surface area contributed by atoms with Crippen LogP contribution in [0.3, 0.4) is 0 Å². The summed E-state index contributed by atoms with van der Waals surface area (Å²) >= 11 is 0. The highest BCUT2D eigenvalue weighted by Gasteiger charge is 2.29. The summed E-state index contributed by atoms with van der Waals surface area (Å²) in [6.07, 6.45) is 5.05. The van der Waals surface area contributed by atoms with Crippen LogP contribution in [0.5, 0.6) is 0 Å². The van der Waals surface area contributed by atoms with Gasteiger partial charge in [-0.15, -0.1) is 0 Å². The number of aromatic nitrogens is 3. The Bertz CT molecular complexity index is 992. The summed E-state index contributed by atoms with van der Waals surface area (Å²) in [6.45, 7) is 2.52. The summed E-state index contributed by atoms with van der Waals surface area (Å²) < 4.78 is 1.72. The second kappa shape index (κ2) is 7.64. The zero-order valence-electron chi connectivity index (χ0n) is 15.6. The van der Waals surface area contributed by atoms with Crippen molar-refractivity contribution in [3.05, 3.63) is 71.8 Å². The summed E-state index contributed by atoms with van der Waals surface area (Å²) in [5.74, 6) is -0.0134. The van der Waals surface area contributed by atoms with Crippen molar-refractivity contribution in [2.45, 2.75) is 26.3 Å². The van der Waals surface area contributed by atoms with Crippen molar-refractivity contribution in [2.24, 2.45) is 5.92 Å². The van der Waals surface area contributed by atoms with Crippen molar-refractivity contribution in [1.82, 2.24) is 14.8 Å². The lowest BCUT2D eigenvalue weighted by atomic mass is 10.1. The van der Waals surface area contributed by atoms with Crippen LogP contribution in [0.15, 0.2) is 55.1 Å². The van der Waals surface area contributed by atoms with Gasteiger partial charge in [0.05, 0.1) is 6.54 Å². The molecule has 2 N–H and O–H groups in total. The molecule has 2 aromatic carbocycles. The summed E-state index contributed by atoms with van der Waals surface area (Å²) in [7, 11) is 0. The van der Waals surface area contributed by atoms with Gasteiger partial charge in [-0.2, -0.15) is 5.10 Å². The van der Waals surface area contributed by atoms with Crippen LogP contribution in [0.1, 0.15) is 34.3 Å². The number of rotatable bonds is 6. The van der Waals surface area contributed by atoms with Crippen LogP contribution in [0, 0.1) is 12.8 Å². The molecule has 0 saturated heterocycles. The molecule has 1 aliphatic rings. The van der Waals surface area contributed by atoms with Crippen LogP contribution in [0.2, 0.25) is 0 Å². The molecule has 2 amide bonds. The Morgan fingerprint density at radius 1 is 1.11 bits per heavy atom. The lowest BCUT2D eigenvalue weighted by molar-refractivity contribution is -0.117. The fraction of sp³-hybridized carbons (Fsp3) is 0.238. The highest BCUT2D eigenvalue weighted by Crippen LogP contribution is 2.31. The Kier molecular flexibility index (Phi) is 4.89. The van der Waals surface area contributed by atoms with Crippen LogP contribution < -0.4 is 10.6 Å². The van der Waals surface area contributed by atoms with E-state index in [-0.39, 0.29) is 17.7 Å². The molecular weight excluding hydrogens is 354 g/mol. The number of anilines is 2. The van der Waals surface area contributed by atoms with Crippen LogP contribution in [-0.2, 0) is 11.3 Å². The monoisotopic (exact) mass is 375 g/mol. The molecule has 142 valence electrons. The second-order valence-electron chi connectivity index (χ2n) is 7.04. The van der Waals surface area contributed by atoms with E-state index in [0.29, 0.717) is 23.5 Å². The largest absolute Gasteiger partial charge is 0.326 e. The molecule has 3 aromatic rings. The highest BCUT2D eigenvalue weighted by atomic mass is 16.2. The third-order valence-corrected chi connectivity index (χ3v) is 4.73.